The van der Waals surface area contributed by atoms with Crippen LogP contribution in [0, 0.1) is 24.3 Å². The van der Waals surface area contributed by atoms with Crippen LogP contribution in [-0.4, -0.2) is 0 Å². The Bertz CT molecular complexity index is 577. The Morgan fingerprint density at radius 3 is 2.42 bits per heavy atom. The van der Waals surface area contributed by atoms with Crippen LogP contribution in [0.1, 0.15) is 31.2 Å². The second kappa shape index (κ2) is 12.0. The van der Waals surface area contributed by atoms with Gasteiger partial charge in [0, 0.05) is 5.92 Å². The van der Waals surface area contributed by atoms with Crippen LogP contribution in [0.2, 0.25) is 0 Å². The molecule has 1 saturated carbocycles. The third-order valence-electron chi connectivity index (χ3n) is 4.34. The van der Waals surface area contributed by atoms with Gasteiger partial charge in [-0.2, -0.15) is 6.08 Å². The third kappa shape index (κ3) is 6.10. The summed E-state index contributed by atoms with van der Waals surface area (Å²) < 4.78 is 0. The number of hydrogen-bond donors (Lipinski definition) is 0. The fourth-order valence-electron chi connectivity index (χ4n) is 3.37. The van der Waals surface area contributed by atoms with E-state index < -0.39 is 0 Å². The SMILES string of the molecule is CC1[CH-]C2=CC=CC(c3ccccc3)C2C1.[C-]1=CC=CC1.[Cl-].[Cl-].[Zr+4]. The molecule has 0 spiro atoms. The number of halogens is 2. The van der Waals surface area contributed by atoms with Crippen LogP contribution in [0.3, 0.4) is 0 Å². The molecular formula is C21H22Cl2Zr. The van der Waals surface area contributed by atoms with E-state index in [0.717, 1.165) is 12.3 Å². The topological polar surface area (TPSA) is 0 Å². The fourth-order valence-corrected chi connectivity index (χ4v) is 3.37. The summed E-state index contributed by atoms with van der Waals surface area (Å²) in [5, 5.41) is 0. The van der Waals surface area contributed by atoms with Gasteiger partial charge in [0.1, 0.15) is 0 Å². The molecule has 24 heavy (non-hydrogen) atoms. The zero-order valence-corrected chi connectivity index (χ0v) is 17.8. The number of hydrogen-bond acceptors (Lipinski definition) is 0. The maximum absolute atomic E-state index is 2.99. The van der Waals surface area contributed by atoms with Gasteiger partial charge in [-0.1, -0.05) is 55.7 Å². The van der Waals surface area contributed by atoms with E-state index in [0.29, 0.717) is 11.8 Å². The molecule has 3 aliphatic carbocycles. The van der Waals surface area contributed by atoms with Crippen molar-refractivity contribution in [1.82, 2.24) is 0 Å². The Labute approximate surface area is 178 Å². The number of fused-ring (bicyclic) bond motifs is 1. The minimum Gasteiger partial charge on any atom is -1.00 e. The van der Waals surface area contributed by atoms with Crippen LogP contribution in [0.4, 0.5) is 0 Å². The zero-order valence-electron chi connectivity index (χ0n) is 13.8. The first kappa shape index (κ1) is 23.5. The first-order valence-electron chi connectivity index (χ1n) is 7.84. The second-order valence-electron chi connectivity index (χ2n) is 5.98. The molecule has 3 unspecified atom stereocenters. The standard InChI is InChI=1S/C16H17.C5H5.2ClH.Zr/c1-12-10-14-8-5-9-15(16(14)11-12)13-6-3-2-4-7-13;1-2-4-5-3-1;;;/h2-10,12,15-16H,11H2,1H3;1-3H,4H2;2*1H;/q2*-1;;;+4/p-2. The van der Waals surface area contributed by atoms with Crippen molar-refractivity contribution < 1.29 is 51.0 Å². The van der Waals surface area contributed by atoms with Crippen LogP contribution >= 0.6 is 0 Å². The quantitative estimate of drug-likeness (QED) is 0.518. The predicted molar refractivity (Wildman–Crippen MR) is 89.5 cm³/mol. The monoisotopic (exact) mass is 434 g/mol. The predicted octanol–water partition coefficient (Wildman–Crippen LogP) is -0.562. The van der Waals surface area contributed by atoms with E-state index in [1.807, 2.05) is 12.2 Å². The Balaban J connectivity index is 0.000000578. The largest absolute Gasteiger partial charge is 4.00 e. The number of benzene rings is 1. The molecular weight excluding hydrogens is 414 g/mol. The first-order chi connectivity index (χ1) is 10.3. The molecule has 4 rings (SSSR count). The summed E-state index contributed by atoms with van der Waals surface area (Å²) in [6.07, 6.45) is 20.6. The Kier molecular flexibility index (Phi) is 11.7. The van der Waals surface area contributed by atoms with Gasteiger partial charge in [-0.05, 0) is 11.5 Å². The minimum atomic E-state index is 0. The van der Waals surface area contributed by atoms with E-state index in [9.17, 15) is 0 Å². The van der Waals surface area contributed by atoms with Gasteiger partial charge in [0.2, 0.25) is 0 Å². The summed E-state index contributed by atoms with van der Waals surface area (Å²) in [7, 11) is 0. The summed E-state index contributed by atoms with van der Waals surface area (Å²) in [4.78, 5) is 0. The molecule has 3 atom stereocenters. The molecule has 0 heterocycles. The van der Waals surface area contributed by atoms with Gasteiger partial charge in [-0.25, -0.2) is 30.2 Å². The molecule has 0 amide bonds. The Morgan fingerprint density at radius 1 is 1.08 bits per heavy atom. The molecule has 3 aliphatic rings. The smallest absolute Gasteiger partial charge is 1.00 e. The molecule has 1 fully saturated rings. The van der Waals surface area contributed by atoms with E-state index in [4.69, 9.17) is 0 Å². The average Bonchev–Trinajstić information content (AvgIpc) is 3.19. The molecule has 3 heteroatoms. The Hall–Kier alpha value is -0.487. The molecule has 0 aliphatic heterocycles. The van der Waals surface area contributed by atoms with Crippen molar-refractivity contribution in [3.05, 3.63) is 90.4 Å². The third-order valence-corrected chi connectivity index (χ3v) is 4.34. The van der Waals surface area contributed by atoms with E-state index in [-0.39, 0.29) is 51.0 Å². The molecule has 0 saturated heterocycles. The molecule has 0 bridgehead atoms. The van der Waals surface area contributed by atoms with Gasteiger partial charge in [-0.3, -0.25) is 6.08 Å². The summed E-state index contributed by atoms with van der Waals surface area (Å²) >= 11 is 0. The van der Waals surface area contributed by atoms with Crippen molar-refractivity contribution in [2.45, 2.75) is 25.7 Å². The molecule has 0 N–H and O–H groups in total. The summed E-state index contributed by atoms with van der Waals surface area (Å²) in [6.45, 7) is 2.32. The van der Waals surface area contributed by atoms with E-state index in [1.54, 1.807) is 5.57 Å². The molecule has 0 radical (unpaired) electrons. The van der Waals surface area contributed by atoms with Gasteiger partial charge < -0.3 is 24.8 Å². The van der Waals surface area contributed by atoms with Crippen molar-refractivity contribution in [3.63, 3.8) is 0 Å². The summed E-state index contributed by atoms with van der Waals surface area (Å²) in [5.41, 5.74) is 3.00. The summed E-state index contributed by atoms with van der Waals surface area (Å²) in [6, 6.07) is 10.9. The minimum absolute atomic E-state index is 0. The average molecular weight is 437 g/mol. The Morgan fingerprint density at radius 2 is 1.83 bits per heavy atom. The molecule has 124 valence electrons. The number of allylic oxidation sites excluding steroid dienone is 8. The molecule has 1 aromatic carbocycles. The van der Waals surface area contributed by atoms with Gasteiger partial charge in [-0.15, -0.1) is 12.5 Å². The second-order valence-corrected chi connectivity index (χ2v) is 5.98. The van der Waals surface area contributed by atoms with Crippen LogP contribution < -0.4 is 24.8 Å². The van der Waals surface area contributed by atoms with Crippen LogP contribution in [0.25, 0.3) is 0 Å². The van der Waals surface area contributed by atoms with Crippen molar-refractivity contribution in [1.29, 1.82) is 0 Å². The fraction of sp³-hybridized carbons (Fsp3) is 0.286. The maximum atomic E-state index is 2.99. The van der Waals surface area contributed by atoms with Crippen LogP contribution in [0.5, 0.6) is 0 Å². The van der Waals surface area contributed by atoms with Gasteiger partial charge in [0.15, 0.2) is 0 Å². The van der Waals surface area contributed by atoms with Gasteiger partial charge >= 0.3 is 26.2 Å². The van der Waals surface area contributed by atoms with Crippen molar-refractivity contribution >= 4 is 0 Å². The summed E-state index contributed by atoms with van der Waals surface area (Å²) in [5.74, 6) is 2.03. The van der Waals surface area contributed by atoms with E-state index >= 15 is 0 Å². The van der Waals surface area contributed by atoms with E-state index in [2.05, 4.69) is 74.1 Å². The van der Waals surface area contributed by atoms with Crippen LogP contribution in [0.15, 0.2) is 72.4 Å². The maximum Gasteiger partial charge on any atom is 4.00 e. The van der Waals surface area contributed by atoms with Gasteiger partial charge in [0.25, 0.3) is 0 Å². The van der Waals surface area contributed by atoms with Gasteiger partial charge in [0.05, 0.1) is 0 Å². The molecule has 0 aromatic heterocycles. The number of rotatable bonds is 1. The van der Waals surface area contributed by atoms with Crippen molar-refractivity contribution in [2.24, 2.45) is 11.8 Å². The zero-order chi connectivity index (χ0) is 14.5. The van der Waals surface area contributed by atoms with Crippen LogP contribution in [-0.2, 0) is 26.2 Å². The van der Waals surface area contributed by atoms with E-state index in [1.165, 1.54) is 12.0 Å². The van der Waals surface area contributed by atoms with Crippen molar-refractivity contribution in [3.8, 4) is 0 Å². The molecule has 1 aromatic rings. The first-order valence-corrected chi connectivity index (χ1v) is 7.84. The van der Waals surface area contributed by atoms with Crippen molar-refractivity contribution in [2.75, 3.05) is 0 Å². The normalized spacial score (nSPS) is 24.9. The molecule has 0 nitrogen and oxygen atoms in total.